The number of rotatable bonds is 2. The number of likely N-dealkylation sites (N-methyl/N-ethyl adjacent to an activating group) is 1. The van der Waals surface area contributed by atoms with E-state index in [1.54, 1.807) is 0 Å². The maximum atomic E-state index is 8.81. The van der Waals surface area contributed by atoms with Gasteiger partial charge in [-0.15, -0.1) is 0 Å². The van der Waals surface area contributed by atoms with Crippen molar-refractivity contribution in [1.82, 2.24) is 4.90 Å². The lowest BCUT2D eigenvalue weighted by Crippen LogP contribution is -2.41. The van der Waals surface area contributed by atoms with Crippen LogP contribution >= 0.6 is 0 Å². The number of fused-ring (bicyclic) bond motifs is 1. The van der Waals surface area contributed by atoms with E-state index in [0.717, 1.165) is 5.84 Å². The Morgan fingerprint density at radius 3 is 3.07 bits per heavy atom. The van der Waals surface area contributed by atoms with Crippen molar-refractivity contribution >= 4 is 24.3 Å². The van der Waals surface area contributed by atoms with Gasteiger partial charge in [-0.3, -0.25) is 4.99 Å². The van der Waals surface area contributed by atoms with Gasteiger partial charge in [0.2, 0.25) is 0 Å². The van der Waals surface area contributed by atoms with Gasteiger partial charge in [-0.1, -0.05) is 0 Å². The first-order valence-electron chi connectivity index (χ1n) is 4.34. The van der Waals surface area contributed by atoms with Gasteiger partial charge in [-0.25, -0.2) is 15.0 Å². The SMILES string of the molecule is CN(CCO)C1=NC=NC2=NC=NC21. The first-order valence-corrected chi connectivity index (χ1v) is 4.34. The van der Waals surface area contributed by atoms with Crippen molar-refractivity contribution in [3.8, 4) is 0 Å². The van der Waals surface area contributed by atoms with Crippen molar-refractivity contribution in [2.24, 2.45) is 20.0 Å². The first kappa shape index (κ1) is 9.01. The van der Waals surface area contributed by atoms with Gasteiger partial charge in [0.1, 0.15) is 18.5 Å². The summed E-state index contributed by atoms with van der Waals surface area (Å²) in [6, 6.07) is -0.184. The smallest absolute Gasteiger partial charge is 0.169 e. The minimum Gasteiger partial charge on any atom is -0.395 e. The molecule has 14 heavy (non-hydrogen) atoms. The molecule has 0 aromatic heterocycles. The number of nitrogens with zero attached hydrogens (tertiary/aromatic N) is 5. The predicted octanol–water partition coefficient (Wildman–Crippen LogP) is -0.840. The van der Waals surface area contributed by atoms with Gasteiger partial charge in [0.05, 0.1) is 6.61 Å². The summed E-state index contributed by atoms with van der Waals surface area (Å²) in [4.78, 5) is 18.2. The summed E-state index contributed by atoms with van der Waals surface area (Å²) in [5, 5.41) is 8.81. The van der Waals surface area contributed by atoms with Crippen LogP contribution < -0.4 is 0 Å². The largest absolute Gasteiger partial charge is 0.395 e. The van der Waals surface area contributed by atoms with Gasteiger partial charge >= 0.3 is 0 Å². The lowest BCUT2D eigenvalue weighted by atomic mass is 10.2. The zero-order valence-corrected chi connectivity index (χ0v) is 7.83. The second-order valence-corrected chi connectivity index (χ2v) is 3.03. The fourth-order valence-corrected chi connectivity index (χ4v) is 1.37. The lowest BCUT2D eigenvalue weighted by molar-refractivity contribution is 0.262. The van der Waals surface area contributed by atoms with Crippen LogP contribution in [0, 0.1) is 0 Å². The molecule has 0 aromatic carbocycles. The number of hydrogen-bond donors (Lipinski definition) is 1. The predicted molar refractivity (Wildman–Crippen MR) is 55.4 cm³/mol. The van der Waals surface area contributed by atoms with E-state index in [2.05, 4.69) is 20.0 Å². The summed E-state index contributed by atoms with van der Waals surface area (Å²) < 4.78 is 0. The molecule has 0 radical (unpaired) electrons. The van der Waals surface area contributed by atoms with Crippen molar-refractivity contribution in [2.45, 2.75) is 6.04 Å². The minimum absolute atomic E-state index is 0.0928. The Morgan fingerprint density at radius 1 is 1.43 bits per heavy atom. The summed E-state index contributed by atoms with van der Waals surface area (Å²) >= 11 is 0. The molecule has 0 amide bonds. The molecular weight excluding hydrogens is 182 g/mol. The summed E-state index contributed by atoms with van der Waals surface area (Å²) in [5.41, 5.74) is 0. The molecule has 0 fully saturated rings. The van der Waals surface area contributed by atoms with Crippen LogP contribution in [0.3, 0.4) is 0 Å². The van der Waals surface area contributed by atoms with Crippen molar-refractivity contribution < 1.29 is 5.11 Å². The van der Waals surface area contributed by atoms with Crippen LogP contribution in [0.4, 0.5) is 0 Å². The standard InChI is InChI=1S/C8H11N5O/c1-13(2-3-14)8-6-7(10-4-9-6)11-5-12-8/h4-6,14H,2-3H2,1H3. The first-order chi connectivity index (χ1) is 6.83. The number of hydrogen-bond acceptors (Lipinski definition) is 6. The Kier molecular flexibility index (Phi) is 2.36. The van der Waals surface area contributed by atoms with Gasteiger partial charge in [0.25, 0.3) is 0 Å². The number of amidine groups is 2. The topological polar surface area (TPSA) is 72.9 Å². The van der Waals surface area contributed by atoms with Gasteiger partial charge in [-0.2, -0.15) is 0 Å². The van der Waals surface area contributed by atoms with Crippen molar-refractivity contribution in [3.63, 3.8) is 0 Å². The van der Waals surface area contributed by atoms with Crippen molar-refractivity contribution in [3.05, 3.63) is 0 Å². The van der Waals surface area contributed by atoms with Gasteiger partial charge in [-0.05, 0) is 0 Å². The zero-order valence-electron chi connectivity index (χ0n) is 7.83. The fourth-order valence-electron chi connectivity index (χ4n) is 1.37. The van der Waals surface area contributed by atoms with E-state index in [4.69, 9.17) is 5.11 Å². The van der Waals surface area contributed by atoms with Crippen LogP contribution in [0.15, 0.2) is 20.0 Å². The van der Waals surface area contributed by atoms with Crippen molar-refractivity contribution in [2.75, 3.05) is 20.2 Å². The monoisotopic (exact) mass is 193 g/mol. The highest BCUT2D eigenvalue weighted by Gasteiger charge is 2.28. The molecule has 2 aliphatic heterocycles. The summed E-state index contributed by atoms with van der Waals surface area (Å²) in [7, 11) is 1.86. The minimum atomic E-state index is -0.184. The Hall–Kier alpha value is -1.56. The van der Waals surface area contributed by atoms with E-state index in [1.165, 1.54) is 12.7 Å². The van der Waals surface area contributed by atoms with Crippen LogP contribution in [0.1, 0.15) is 0 Å². The van der Waals surface area contributed by atoms with E-state index < -0.39 is 0 Å². The highest BCUT2D eigenvalue weighted by Crippen LogP contribution is 2.10. The van der Waals surface area contributed by atoms with E-state index in [9.17, 15) is 0 Å². The van der Waals surface area contributed by atoms with Gasteiger partial charge < -0.3 is 10.0 Å². The summed E-state index contributed by atoms with van der Waals surface area (Å²) in [6.07, 6.45) is 2.96. The summed E-state index contributed by atoms with van der Waals surface area (Å²) in [6.45, 7) is 0.627. The molecule has 2 aliphatic rings. The quantitative estimate of drug-likeness (QED) is 0.621. The lowest BCUT2D eigenvalue weighted by Gasteiger charge is -2.24. The Labute approximate surface area is 81.4 Å². The Balaban J connectivity index is 2.18. The number of aliphatic imine (C=N–C) groups is 4. The normalized spacial score (nSPS) is 23.1. The van der Waals surface area contributed by atoms with E-state index >= 15 is 0 Å². The molecule has 6 heteroatoms. The van der Waals surface area contributed by atoms with Crippen molar-refractivity contribution in [1.29, 1.82) is 0 Å². The van der Waals surface area contributed by atoms with Crippen LogP contribution in [0.2, 0.25) is 0 Å². The average molecular weight is 193 g/mol. The van der Waals surface area contributed by atoms with Crippen LogP contribution in [0.5, 0.6) is 0 Å². The molecule has 2 heterocycles. The Bertz CT molecular complexity index is 344. The number of aliphatic hydroxyl groups is 1. The van der Waals surface area contributed by atoms with Crippen LogP contribution in [0.25, 0.3) is 0 Å². The molecule has 1 unspecified atom stereocenters. The van der Waals surface area contributed by atoms with E-state index in [0.29, 0.717) is 12.4 Å². The molecule has 1 N–H and O–H groups in total. The van der Waals surface area contributed by atoms with Crippen LogP contribution in [-0.4, -0.2) is 60.6 Å². The maximum Gasteiger partial charge on any atom is 0.169 e. The second-order valence-electron chi connectivity index (χ2n) is 3.03. The van der Waals surface area contributed by atoms with E-state index in [-0.39, 0.29) is 12.6 Å². The van der Waals surface area contributed by atoms with Crippen LogP contribution in [-0.2, 0) is 0 Å². The molecule has 2 rings (SSSR count). The van der Waals surface area contributed by atoms with Gasteiger partial charge in [0, 0.05) is 13.6 Å². The zero-order chi connectivity index (χ0) is 9.97. The van der Waals surface area contributed by atoms with E-state index in [1.807, 2.05) is 11.9 Å². The maximum absolute atomic E-state index is 8.81. The molecule has 0 bridgehead atoms. The average Bonchev–Trinajstić information content (AvgIpc) is 2.65. The third kappa shape index (κ3) is 1.44. The highest BCUT2D eigenvalue weighted by molar-refractivity contribution is 6.19. The highest BCUT2D eigenvalue weighted by atomic mass is 16.3. The third-order valence-electron chi connectivity index (χ3n) is 2.10. The summed E-state index contributed by atoms with van der Waals surface area (Å²) in [5.74, 6) is 1.45. The molecular formula is C8H11N5O. The molecule has 0 saturated heterocycles. The molecule has 0 aliphatic carbocycles. The molecule has 74 valence electrons. The second kappa shape index (κ2) is 3.67. The number of aliphatic hydroxyl groups excluding tert-OH is 1. The van der Waals surface area contributed by atoms with Gasteiger partial charge in [0.15, 0.2) is 11.9 Å². The fraction of sp³-hybridized carbons (Fsp3) is 0.500. The molecule has 0 aromatic rings. The molecule has 1 atom stereocenters. The molecule has 0 spiro atoms. The third-order valence-corrected chi connectivity index (χ3v) is 2.10. The Morgan fingerprint density at radius 2 is 2.29 bits per heavy atom. The molecule has 6 nitrogen and oxygen atoms in total. The molecule has 0 saturated carbocycles.